The molecule has 0 unspecified atom stereocenters. The van der Waals surface area contributed by atoms with Crippen molar-refractivity contribution in [3.8, 4) is 0 Å². The lowest BCUT2D eigenvalue weighted by Crippen LogP contribution is -2.40. The van der Waals surface area contributed by atoms with Gasteiger partial charge in [0, 0.05) is 48.5 Å². The number of carbonyl (C=O) groups excluding carboxylic acids is 1. The number of halogens is 2. The van der Waals surface area contributed by atoms with Gasteiger partial charge < -0.3 is 15.0 Å². The lowest BCUT2D eigenvalue weighted by molar-refractivity contribution is 0.0365. The van der Waals surface area contributed by atoms with E-state index in [1.807, 2.05) is 41.3 Å². The number of urea groups is 1. The van der Waals surface area contributed by atoms with Crippen LogP contribution in [-0.2, 0) is 11.3 Å². The van der Waals surface area contributed by atoms with E-state index in [0.717, 1.165) is 44.8 Å². The third-order valence-electron chi connectivity index (χ3n) is 4.66. The Morgan fingerprint density at radius 2 is 1.82 bits per heavy atom. The Kier molecular flexibility index (Phi) is 7.98. The fourth-order valence-corrected chi connectivity index (χ4v) is 3.46. The third kappa shape index (κ3) is 6.67. The summed E-state index contributed by atoms with van der Waals surface area (Å²) in [5, 5.41) is 4.22. The van der Waals surface area contributed by atoms with E-state index in [4.69, 9.17) is 27.9 Å². The number of nitrogens with zero attached hydrogens (tertiary/aromatic N) is 2. The molecule has 1 saturated heterocycles. The van der Waals surface area contributed by atoms with Crippen LogP contribution >= 0.6 is 23.2 Å². The molecule has 1 aliphatic heterocycles. The number of nitrogens with one attached hydrogen (secondary N) is 1. The molecule has 0 saturated carbocycles. The summed E-state index contributed by atoms with van der Waals surface area (Å²) in [6.07, 6.45) is 0.899. The Balaban J connectivity index is 1.62. The molecule has 1 aliphatic rings. The van der Waals surface area contributed by atoms with Gasteiger partial charge in [-0.15, -0.1) is 0 Å². The van der Waals surface area contributed by atoms with Gasteiger partial charge in [-0.1, -0.05) is 41.4 Å². The van der Waals surface area contributed by atoms with Gasteiger partial charge in [0.05, 0.1) is 13.2 Å². The number of benzene rings is 2. The van der Waals surface area contributed by atoms with Crippen LogP contribution in [0.1, 0.15) is 12.0 Å². The van der Waals surface area contributed by atoms with Gasteiger partial charge in [0.25, 0.3) is 0 Å². The third-order valence-corrected chi connectivity index (χ3v) is 5.14. The van der Waals surface area contributed by atoms with Gasteiger partial charge in [0.1, 0.15) is 0 Å². The molecule has 2 amide bonds. The van der Waals surface area contributed by atoms with Crippen LogP contribution in [0.15, 0.2) is 48.5 Å². The molecule has 2 aromatic carbocycles. The summed E-state index contributed by atoms with van der Waals surface area (Å²) < 4.78 is 5.39. The molecule has 150 valence electrons. The van der Waals surface area contributed by atoms with Gasteiger partial charge >= 0.3 is 6.03 Å². The highest BCUT2D eigenvalue weighted by Gasteiger charge is 2.16. The molecule has 2 aromatic rings. The molecule has 0 bridgehead atoms. The van der Waals surface area contributed by atoms with E-state index in [-0.39, 0.29) is 6.03 Å². The molecular formula is C21H25Cl2N3O2. The second kappa shape index (κ2) is 10.7. The van der Waals surface area contributed by atoms with E-state index in [9.17, 15) is 4.79 Å². The molecular weight excluding hydrogens is 397 g/mol. The van der Waals surface area contributed by atoms with Crippen LogP contribution in [0, 0.1) is 0 Å². The van der Waals surface area contributed by atoms with Gasteiger partial charge in [-0.3, -0.25) is 4.90 Å². The molecule has 7 heteroatoms. The number of anilines is 1. The van der Waals surface area contributed by atoms with Crippen LogP contribution in [-0.4, -0.2) is 55.2 Å². The summed E-state index contributed by atoms with van der Waals surface area (Å²) in [5.74, 6) is 0. The van der Waals surface area contributed by atoms with Gasteiger partial charge in [-0.05, 0) is 42.3 Å². The van der Waals surface area contributed by atoms with E-state index < -0.39 is 0 Å². The van der Waals surface area contributed by atoms with Crippen molar-refractivity contribution >= 4 is 34.9 Å². The molecule has 1 N–H and O–H groups in total. The average molecular weight is 422 g/mol. The predicted molar refractivity (Wildman–Crippen MR) is 114 cm³/mol. The average Bonchev–Trinajstić information content (AvgIpc) is 2.69. The highest BCUT2D eigenvalue weighted by molar-refractivity contribution is 6.31. The normalized spacial score (nSPS) is 14.6. The Bertz CT molecular complexity index is 765. The van der Waals surface area contributed by atoms with Crippen molar-refractivity contribution in [2.75, 3.05) is 44.7 Å². The zero-order valence-electron chi connectivity index (χ0n) is 15.7. The number of morpholine rings is 1. The molecule has 28 heavy (non-hydrogen) atoms. The first-order chi connectivity index (χ1) is 13.6. The van der Waals surface area contributed by atoms with Crippen molar-refractivity contribution in [1.29, 1.82) is 0 Å². The summed E-state index contributed by atoms with van der Waals surface area (Å²) >= 11 is 12.0. The molecule has 5 nitrogen and oxygen atoms in total. The minimum atomic E-state index is -0.140. The predicted octanol–water partition coefficient (Wildman–Crippen LogP) is 4.75. The van der Waals surface area contributed by atoms with Crippen molar-refractivity contribution in [3.63, 3.8) is 0 Å². The quantitative estimate of drug-likeness (QED) is 0.701. The standard InChI is InChI=1S/C21H25Cl2N3O2/c22-18-7-5-17(6-8-18)16-26(10-2-9-25-11-13-28-14-12-25)21(27)24-20-4-1-3-19(23)15-20/h1,3-8,15H,2,9-14,16H2,(H,24,27). The Hall–Kier alpha value is -1.79. The highest BCUT2D eigenvalue weighted by atomic mass is 35.5. The zero-order chi connectivity index (χ0) is 19.8. The molecule has 0 atom stereocenters. The number of carbonyl (C=O) groups is 1. The topological polar surface area (TPSA) is 44.8 Å². The van der Waals surface area contributed by atoms with E-state index in [0.29, 0.717) is 28.8 Å². The smallest absolute Gasteiger partial charge is 0.322 e. The molecule has 1 heterocycles. The maximum atomic E-state index is 12.9. The van der Waals surface area contributed by atoms with E-state index in [1.165, 1.54) is 0 Å². The number of rotatable bonds is 7. The first-order valence-electron chi connectivity index (χ1n) is 9.46. The fraction of sp³-hybridized carbons (Fsp3) is 0.381. The van der Waals surface area contributed by atoms with Crippen molar-refractivity contribution in [2.45, 2.75) is 13.0 Å². The van der Waals surface area contributed by atoms with Gasteiger partial charge in [-0.2, -0.15) is 0 Å². The Morgan fingerprint density at radius 3 is 2.54 bits per heavy atom. The minimum absolute atomic E-state index is 0.140. The van der Waals surface area contributed by atoms with Crippen molar-refractivity contribution in [3.05, 3.63) is 64.1 Å². The second-order valence-electron chi connectivity index (χ2n) is 6.80. The van der Waals surface area contributed by atoms with Crippen LogP contribution in [0.2, 0.25) is 10.0 Å². The molecule has 0 radical (unpaired) electrons. The SMILES string of the molecule is O=C(Nc1cccc(Cl)c1)N(CCCN1CCOCC1)Cc1ccc(Cl)cc1. The summed E-state index contributed by atoms with van der Waals surface area (Å²) in [5.41, 5.74) is 1.73. The number of hydrogen-bond acceptors (Lipinski definition) is 3. The van der Waals surface area contributed by atoms with E-state index in [1.54, 1.807) is 12.1 Å². The van der Waals surface area contributed by atoms with Gasteiger partial charge in [0.15, 0.2) is 0 Å². The Morgan fingerprint density at radius 1 is 1.07 bits per heavy atom. The zero-order valence-corrected chi connectivity index (χ0v) is 17.3. The van der Waals surface area contributed by atoms with Crippen molar-refractivity contribution in [1.82, 2.24) is 9.80 Å². The lowest BCUT2D eigenvalue weighted by Gasteiger charge is -2.28. The minimum Gasteiger partial charge on any atom is -0.379 e. The summed E-state index contributed by atoms with van der Waals surface area (Å²) in [7, 11) is 0. The highest BCUT2D eigenvalue weighted by Crippen LogP contribution is 2.17. The van der Waals surface area contributed by atoms with Crippen LogP contribution in [0.25, 0.3) is 0 Å². The van der Waals surface area contributed by atoms with Crippen LogP contribution in [0.3, 0.4) is 0 Å². The molecule has 3 rings (SSSR count). The van der Waals surface area contributed by atoms with E-state index >= 15 is 0 Å². The maximum Gasteiger partial charge on any atom is 0.322 e. The number of ether oxygens (including phenoxy) is 1. The molecule has 0 spiro atoms. The largest absolute Gasteiger partial charge is 0.379 e. The van der Waals surface area contributed by atoms with Gasteiger partial charge in [0.2, 0.25) is 0 Å². The lowest BCUT2D eigenvalue weighted by atomic mass is 10.2. The number of hydrogen-bond donors (Lipinski definition) is 1. The molecule has 1 fully saturated rings. The van der Waals surface area contributed by atoms with Gasteiger partial charge in [-0.25, -0.2) is 4.79 Å². The second-order valence-corrected chi connectivity index (χ2v) is 7.67. The molecule has 0 aromatic heterocycles. The Labute approximate surface area is 176 Å². The monoisotopic (exact) mass is 421 g/mol. The first-order valence-corrected chi connectivity index (χ1v) is 10.2. The maximum absolute atomic E-state index is 12.9. The molecule has 0 aliphatic carbocycles. The fourth-order valence-electron chi connectivity index (χ4n) is 3.14. The first kappa shape index (κ1) is 20.9. The summed E-state index contributed by atoms with van der Waals surface area (Å²) in [6, 6.07) is 14.6. The van der Waals surface area contributed by atoms with E-state index in [2.05, 4.69) is 10.2 Å². The van der Waals surface area contributed by atoms with Crippen LogP contribution < -0.4 is 5.32 Å². The van der Waals surface area contributed by atoms with Crippen LogP contribution in [0.4, 0.5) is 10.5 Å². The van der Waals surface area contributed by atoms with Crippen molar-refractivity contribution < 1.29 is 9.53 Å². The van der Waals surface area contributed by atoms with Crippen LogP contribution in [0.5, 0.6) is 0 Å². The summed E-state index contributed by atoms with van der Waals surface area (Å²) in [6.45, 7) is 5.59. The number of amides is 2. The van der Waals surface area contributed by atoms with Crippen molar-refractivity contribution in [2.24, 2.45) is 0 Å². The summed E-state index contributed by atoms with van der Waals surface area (Å²) in [4.78, 5) is 17.1.